The third kappa shape index (κ3) is 4.45. The Labute approximate surface area is 211 Å². The SMILES string of the molecule is Cc1c(B2OC(C)(C)C(C)(C)O2)cccc1-c1nc2cc(CN[C@@H]3CCOC[C@H]3O)cc(C#N)c2o1. The van der Waals surface area contributed by atoms with E-state index in [0.717, 1.165) is 28.6 Å². The van der Waals surface area contributed by atoms with Gasteiger partial charge in [0, 0.05) is 24.8 Å². The fraction of sp³-hybridized carbons (Fsp3) is 0.481. The number of ether oxygens (including phenoxy) is 1. The van der Waals surface area contributed by atoms with Gasteiger partial charge < -0.3 is 28.9 Å². The minimum Gasteiger partial charge on any atom is -0.435 e. The van der Waals surface area contributed by atoms with Crippen LogP contribution in [0.15, 0.2) is 34.7 Å². The molecular formula is C27H32BN3O5. The zero-order valence-electron chi connectivity index (χ0n) is 21.4. The second-order valence-corrected chi connectivity index (χ2v) is 10.6. The monoisotopic (exact) mass is 489 g/mol. The van der Waals surface area contributed by atoms with Crippen LogP contribution < -0.4 is 10.8 Å². The van der Waals surface area contributed by atoms with Crippen LogP contribution in [-0.4, -0.2) is 53.8 Å². The van der Waals surface area contributed by atoms with E-state index >= 15 is 0 Å². The molecule has 2 N–H and O–H groups in total. The van der Waals surface area contributed by atoms with Crippen molar-refractivity contribution in [2.75, 3.05) is 13.2 Å². The van der Waals surface area contributed by atoms with Gasteiger partial charge in [-0.2, -0.15) is 5.26 Å². The van der Waals surface area contributed by atoms with Crippen LogP contribution in [0.2, 0.25) is 0 Å². The lowest BCUT2D eigenvalue weighted by Gasteiger charge is -2.32. The lowest BCUT2D eigenvalue weighted by atomic mass is 9.75. The van der Waals surface area contributed by atoms with Crippen molar-refractivity contribution >= 4 is 23.7 Å². The molecule has 0 amide bonds. The average molecular weight is 489 g/mol. The highest BCUT2D eigenvalue weighted by atomic mass is 16.7. The van der Waals surface area contributed by atoms with Gasteiger partial charge in [-0.25, -0.2) is 4.98 Å². The molecule has 0 radical (unpaired) electrons. The highest BCUT2D eigenvalue weighted by Crippen LogP contribution is 2.37. The van der Waals surface area contributed by atoms with Gasteiger partial charge in [0.25, 0.3) is 0 Å². The van der Waals surface area contributed by atoms with Gasteiger partial charge in [-0.15, -0.1) is 0 Å². The van der Waals surface area contributed by atoms with Crippen LogP contribution in [0.3, 0.4) is 0 Å². The molecule has 8 nitrogen and oxygen atoms in total. The predicted octanol–water partition coefficient (Wildman–Crippen LogP) is 3.21. The number of hydrogen-bond acceptors (Lipinski definition) is 8. The average Bonchev–Trinajstić information content (AvgIpc) is 3.35. The number of oxazole rings is 1. The molecule has 2 aromatic carbocycles. The standard InChI is InChI=1S/C27H32BN3O5/c1-16-19(7-6-8-20(16)28-35-26(2,3)27(4,5)36-28)25-31-22-12-17(11-18(13-29)24(22)34-25)14-30-21-9-10-33-15-23(21)32/h6-8,11-12,21,23,30,32H,9-10,14-15H2,1-5H3/t21-,23-/m1/s1. The molecule has 0 spiro atoms. The highest BCUT2D eigenvalue weighted by Gasteiger charge is 2.52. The van der Waals surface area contributed by atoms with Gasteiger partial charge in [-0.3, -0.25) is 0 Å². The molecule has 36 heavy (non-hydrogen) atoms. The first-order valence-electron chi connectivity index (χ1n) is 12.4. The summed E-state index contributed by atoms with van der Waals surface area (Å²) in [5, 5.41) is 23.3. The quantitative estimate of drug-likeness (QED) is 0.526. The van der Waals surface area contributed by atoms with Gasteiger partial charge in [0.15, 0.2) is 5.58 Å². The van der Waals surface area contributed by atoms with E-state index in [9.17, 15) is 10.4 Å². The largest absolute Gasteiger partial charge is 0.495 e. The number of nitrogens with zero attached hydrogens (tertiary/aromatic N) is 2. The molecule has 5 rings (SSSR count). The number of nitrogens with one attached hydrogen (secondary N) is 1. The van der Waals surface area contributed by atoms with Crippen molar-refractivity contribution in [2.24, 2.45) is 0 Å². The zero-order valence-corrected chi connectivity index (χ0v) is 21.4. The lowest BCUT2D eigenvalue weighted by molar-refractivity contribution is -0.0280. The molecule has 2 aliphatic rings. The van der Waals surface area contributed by atoms with E-state index in [4.69, 9.17) is 23.4 Å². The van der Waals surface area contributed by atoms with Crippen molar-refractivity contribution in [1.29, 1.82) is 5.26 Å². The Bertz CT molecular complexity index is 1310. The Morgan fingerprint density at radius 3 is 2.64 bits per heavy atom. The number of benzene rings is 2. The lowest BCUT2D eigenvalue weighted by Crippen LogP contribution is -2.46. The molecule has 188 valence electrons. The van der Waals surface area contributed by atoms with E-state index < -0.39 is 24.4 Å². The molecule has 2 saturated heterocycles. The van der Waals surface area contributed by atoms with Crippen LogP contribution in [0.5, 0.6) is 0 Å². The topological polar surface area (TPSA) is 110 Å². The summed E-state index contributed by atoms with van der Waals surface area (Å²) in [6, 6.07) is 11.8. The van der Waals surface area contributed by atoms with Gasteiger partial charge in [0.2, 0.25) is 5.89 Å². The molecule has 2 atom stereocenters. The van der Waals surface area contributed by atoms with E-state index in [0.29, 0.717) is 42.3 Å². The molecule has 3 aromatic rings. The summed E-state index contributed by atoms with van der Waals surface area (Å²) in [5.41, 5.74) is 4.24. The van der Waals surface area contributed by atoms with Gasteiger partial charge in [0.1, 0.15) is 11.6 Å². The second-order valence-electron chi connectivity index (χ2n) is 10.6. The maximum absolute atomic E-state index is 10.1. The van der Waals surface area contributed by atoms with Crippen LogP contribution in [0.4, 0.5) is 0 Å². The fourth-order valence-corrected chi connectivity index (χ4v) is 4.71. The number of nitriles is 1. The Morgan fingerprint density at radius 2 is 1.94 bits per heavy atom. The molecular weight excluding hydrogens is 457 g/mol. The molecule has 2 aliphatic heterocycles. The highest BCUT2D eigenvalue weighted by molar-refractivity contribution is 6.62. The van der Waals surface area contributed by atoms with E-state index in [1.807, 2.05) is 65.0 Å². The molecule has 0 saturated carbocycles. The van der Waals surface area contributed by atoms with E-state index in [-0.39, 0.29) is 6.04 Å². The maximum atomic E-state index is 10.1. The zero-order chi connectivity index (χ0) is 25.7. The number of aliphatic hydroxyl groups is 1. The maximum Gasteiger partial charge on any atom is 0.495 e. The smallest absolute Gasteiger partial charge is 0.435 e. The van der Waals surface area contributed by atoms with Crippen LogP contribution in [0.1, 0.15) is 50.8 Å². The summed E-state index contributed by atoms with van der Waals surface area (Å²) in [6.45, 7) is 11.6. The van der Waals surface area contributed by atoms with Crippen molar-refractivity contribution < 1.29 is 23.6 Å². The van der Waals surface area contributed by atoms with E-state index in [1.165, 1.54) is 0 Å². The van der Waals surface area contributed by atoms with Crippen LogP contribution in [0, 0.1) is 18.3 Å². The van der Waals surface area contributed by atoms with Gasteiger partial charge in [0.05, 0.1) is 29.5 Å². The summed E-state index contributed by atoms with van der Waals surface area (Å²) in [4.78, 5) is 4.75. The van der Waals surface area contributed by atoms with Gasteiger partial charge in [-0.05, 0) is 75.8 Å². The Balaban J connectivity index is 1.45. The minimum atomic E-state index is -0.546. The number of aliphatic hydroxyl groups excluding tert-OH is 1. The molecule has 1 aromatic heterocycles. The normalized spacial score (nSPS) is 23.2. The summed E-state index contributed by atoms with van der Waals surface area (Å²) in [5.74, 6) is 0.447. The van der Waals surface area contributed by atoms with Gasteiger partial charge in [-0.1, -0.05) is 12.1 Å². The van der Waals surface area contributed by atoms with E-state index in [1.54, 1.807) is 0 Å². The molecule has 3 heterocycles. The first kappa shape index (κ1) is 24.9. The first-order valence-corrected chi connectivity index (χ1v) is 12.4. The number of hydrogen-bond donors (Lipinski definition) is 2. The predicted molar refractivity (Wildman–Crippen MR) is 137 cm³/mol. The van der Waals surface area contributed by atoms with Crippen LogP contribution in [0.25, 0.3) is 22.6 Å². The molecule has 0 aliphatic carbocycles. The number of fused-ring (bicyclic) bond motifs is 1. The summed E-state index contributed by atoms with van der Waals surface area (Å²) in [7, 11) is -0.493. The van der Waals surface area contributed by atoms with Crippen molar-refractivity contribution in [3.05, 3.63) is 47.0 Å². The second kappa shape index (κ2) is 9.29. The molecule has 2 fully saturated rings. The third-order valence-electron chi connectivity index (χ3n) is 7.68. The summed E-state index contributed by atoms with van der Waals surface area (Å²) < 4.78 is 24.0. The molecule has 9 heteroatoms. The van der Waals surface area contributed by atoms with Crippen molar-refractivity contribution in [2.45, 2.75) is 70.9 Å². The van der Waals surface area contributed by atoms with Crippen molar-refractivity contribution in [1.82, 2.24) is 10.3 Å². The summed E-state index contributed by atoms with van der Waals surface area (Å²) >= 11 is 0. The summed E-state index contributed by atoms with van der Waals surface area (Å²) in [6.07, 6.45) is 0.192. The van der Waals surface area contributed by atoms with Crippen LogP contribution in [-0.2, 0) is 20.6 Å². The van der Waals surface area contributed by atoms with Crippen molar-refractivity contribution in [3.63, 3.8) is 0 Å². The number of aromatic nitrogens is 1. The van der Waals surface area contributed by atoms with Crippen molar-refractivity contribution in [3.8, 4) is 17.5 Å². The third-order valence-corrected chi connectivity index (χ3v) is 7.68. The molecule has 0 unspecified atom stereocenters. The number of rotatable bonds is 5. The molecule has 0 bridgehead atoms. The first-order chi connectivity index (χ1) is 17.1. The van der Waals surface area contributed by atoms with Crippen LogP contribution >= 0.6 is 0 Å². The van der Waals surface area contributed by atoms with E-state index in [2.05, 4.69) is 11.4 Å². The fourth-order valence-electron chi connectivity index (χ4n) is 4.71. The Hall–Kier alpha value is -2.74. The minimum absolute atomic E-state index is 0.0479. The van der Waals surface area contributed by atoms with Gasteiger partial charge >= 0.3 is 7.12 Å². The Morgan fingerprint density at radius 1 is 1.19 bits per heavy atom. The Kier molecular flexibility index (Phi) is 6.44.